The third-order valence-electron chi connectivity index (χ3n) is 3.47. The van der Waals surface area contributed by atoms with Gasteiger partial charge in [-0.3, -0.25) is 19.0 Å². The molecule has 8 heteroatoms. The molecule has 0 unspecified atom stereocenters. The number of nitrogens with one attached hydrogen (secondary N) is 1. The zero-order chi connectivity index (χ0) is 17.3. The quantitative estimate of drug-likeness (QED) is 0.742. The van der Waals surface area contributed by atoms with Gasteiger partial charge in [0.2, 0.25) is 5.91 Å². The lowest BCUT2D eigenvalue weighted by molar-refractivity contribution is -0.117. The molecule has 0 aromatic carbocycles. The molecule has 1 N–H and O–H groups in total. The molecule has 0 saturated carbocycles. The van der Waals surface area contributed by atoms with Crippen molar-refractivity contribution in [3.63, 3.8) is 0 Å². The number of pyridine rings is 1. The summed E-state index contributed by atoms with van der Waals surface area (Å²) >= 11 is 3.38. The lowest BCUT2D eigenvalue weighted by Gasteiger charge is -2.12. The summed E-state index contributed by atoms with van der Waals surface area (Å²) < 4.78 is 3.75. The molecule has 0 aliphatic rings. The molecule has 0 spiro atoms. The molecule has 0 aliphatic carbocycles. The maximum absolute atomic E-state index is 12.6. The first-order valence-electron chi connectivity index (χ1n) is 7.44. The van der Waals surface area contributed by atoms with Crippen LogP contribution in [0.25, 0.3) is 5.52 Å². The second-order valence-corrected chi connectivity index (χ2v) is 6.59. The molecule has 0 bridgehead atoms. The van der Waals surface area contributed by atoms with Crippen molar-refractivity contribution in [2.75, 3.05) is 5.32 Å². The Morgan fingerprint density at radius 2 is 2.21 bits per heavy atom. The van der Waals surface area contributed by atoms with Crippen LogP contribution in [0.4, 0.5) is 5.69 Å². The second-order valence-electron chi connectivity index (χ2n) is 5.68. The third kappa shape index (κ3) is 3.23. The van der Waals surface area contributed by atoms with Crippen LogP contribution >= 0.6 is 15.9 Å². The predicted molar refractivity (Wildman–Crippen MR) is 94.1 cm³/mol. The Balaban J connectivity index is 1.96. The summed E-state index contributed by atoms with van der Waals surface area (Å²) in [6, 6.07) is 5.18. The fourth-order valence-electron chi connectivity index (χ4n) is 2.41. The van der Waals surface area contributed by atoms with Crippen LogP contribution in [0.3, 0.4) is 0 Å². The predicted octanol–water partition coefficient (Wildman–Crippen LogP) is 2.42. The van der Waals surface area contributed by atoms with Crippen molar-refractivity contribution in [2.45, 2.75) is 26.3 Å². The van der Waals surface area contributed by atoms with Crippen molar-refractivity contribution in [2.24, 2.45) is 0 Å². The van der Waals surface area contributed by atoms with Gasteiger partial charge in [-0.2, -0.15) is 5.10 Å². The van der Waals surface area contributed by atoms with Crippen LogP contribution in [-0.4, -0.2) is 25.1 Å². The Morgan fingerprint density at radius 3 is 2.88 bits per heavy atom. The zero-order valence-corrected chi connectivity index (χ0v) is 14.8. The largest absolute Gasteiger partial charge is 0.323 e. The number of anilines is 1. The smallest absolute Gasteiger partial charge is 0.291 e. The van der Waals surface area contributed by atoms with Crippen molar-refractivity contribution >= 4 is 33.0 Å². The van der Waals surface area contributed by atoms with E-state index in [1.54, 1.807) is 41.2 Å². The minimum atomic E-state index is -0.331. The molecule has 124 valence electrons. The molecule has 1 amide bonds. The van der Waals surface area contributed by atoms with Crippen LogP contribution in [0.2, 0.25) is 0 Å². The summed E-state index contributed by atoms with van der Waals surface area (Å²) in [5.41, 5.74) is 0.743. The first-order chi connectivity index (χ1) is 11.5. The van der Waals surface area contributed by atoms with Crippen molar-refractivity contribution < 1.29 is 4.79 Å². The van der Waals surface area contributed by atoms with E-state index in [0.29, 0.717) is 17.0 Å². The van der Waals surface area contributed by atoms with E-state index in [1.165, 1.54) is 4.68 Å². The first kappa shape index (κ1) is 16.4. The Hall–Kier alpha value is -2.48. The van der Waals surface area contributed by atoms with Crippen LogP contribution in [-0.2, 0) is 11.3 Å². The van der Waals surface area contributed by atoms with Crippen LogP contribution in [0.1, 0.15) is 25.6 Å². The highest BCUT2D eigenvalue weighted by Crippen LogP contribution is 2.18. The van der Waals surface area contributed by atoms with Crippen LogP contribution in [0.15, 0.2) is 46.1 Å². The van der Waals surface area contributed by atoms with Crippen molar-refractivity contribution in [3.05, 3.63) is 57.4 Å². The van der Waals surface area contributed by atoms with E-state index in [2.05, 4.69) is 31.3 Å². The Labute approximate surface area is 146 Å². The van der Waals surface area contributed by atoms with E-state index in [1.807, 2.05) is 13.8 Å². The third-order valence-corrected chi connectivity index (χ3v) is 3.90. The number of fused-ring (bicyclic) bond motifs is 1. The van der Waals surface area contributed by atoms with Gasteiger partial charge in [0.1, 0.15) is 17.9 Å². The van der Waals surface area contributed by atoms with Crippen molar-refractivity contribution in [1.29, 1.82) is 0 Å². The fraction of sp³-hybridized carbons (Fsp3) is 0.250. The highest BCUT2D eigenvalue weighted by Gasteiger charge is 2.16. The van der Waals surface area contributed by atoms with Crippen LogP contribution in [0, 0.1) is 0 Å². The Bertz CT molecular complexity index is 946. The lowest BCUT2D eigenvalue weighted by atomic mass is 10.2. The molecular formula is C16H16BrN5O2. The Kier molecular flexibility index (Phi) is 4.48. The van der Waals surface area contributed by atoms with E-state index in [4.69, 9.17) is 0 Å². The number of amides is 1. The number of carbonyl (C=O) groups is 1. The lowest BCUT2D eigenvalue weighted by Crippen LogP contribution is -2.32. The summed E-state index contributed by atoms with van der Waals surface area (Å²) in [5, 5.41) is 7.07. The number of rotatable bonds is 4. The molecular weight excluding hydrogens is 374 g/mol. The van der Waals surface area contributed by atoms with E-state index in [-0.39, 0.29) is 23.9 Å². The highest BCUT2D eigenvalue weighted by atomic mass is 79.9. The molecule has 0 saturated heterocycles. The molecule has 3 heterocycles. The standard InChI is InChI=1S/C16H16BrN5O2/c1-10(2)15-20-22(16(24)13-6-11(17)8-21(13)15)9-14(23)19-12-4-3-5-18-7-12/h3-8,10H,9H2,1-2H3,(H,19,23). The maximum atomic E-state index is 12.6. The first-order valence-corrected chi connectivity index (χ1v) is 8.23. The molecule has 3 aromatic heterocycles. The summed E-state index contributed by atoms with van der Waals surface area (Å²) in [7, 11) is 0. The molecule has 0 atom stereocenters. The van der Waals surface area contributed by atoms with Gasteiger partial charge < -0.3 is 5.32 Å². The number of carbonyl (C=O) groups excluding carboxylic acids is 1. The van der Waals surface area contributed by atoms with Crippen molar-refractivity contribution in [1.82, 2.24) is 19.2 Å². The van der Waals surface area contributed by atoms with E-state index < -0.39 is 0 Å². The average molecular weight is 390 g/mol. The number of nitrogens with zero attached hydrogens (tertiary/aromatic N) is 4. The number of hydrogen-bond donors (Lipinski definition) is 1. The van der Waals surface area contributed by atoms with Gasteiger partial charge in [-0.15, -0.1) is 0 Å². The minimum absolute atomic E-state index is 0.0973. The maximum Gasteiger partial charge on any atom is 0.291 e. The molecule has 3 rings (SSSR count). The van der Waals surface area contributed by atoms with Gasteiger partial charge in [0.15, 0.2) is 0 Å². The SMILES string of the molecule is CC(C)c1nn(CC(=O)Nc2cccnc2)c(=O)c2cc(Br)cn12. The molecule has 7 nitrogen and oxygen atoms in total. The second kappa shape index (κ2) is 6.56. The van der Waals surface area contributed by atoms with E-state index in [0.717, 1.165) is 4.47 Å². The van der Waals surface area contributed by atoms with Crippen LogP contribution in [0.5, 0.6) is 0 Å². The molecule has 0 aliphatic heterocycles. The van der Waals surface area contributed by atoms with Crippen LogP contribution < -0.4 is 10.9 Å². The number of halogens is 1. The fourth-order valence-corrected chi connectivity index (χ4v) is 2.83. The van der Waals surface area contributed by atoms with Gasteiger partial charge >= 0.3 is 0 Å². The van der Waals surface area contributed by atoms with Gasteiger partial charge in [0.25, 0.3) is 5.56 Å². The highest BCUT2D eigenvalue weighted by molar-refractivity contribution is 9.10. The Morgan fingerprint density at radius 1 is 1.42 bits per heavy atom. The summed E-state index contributed by atoms with van der Waals surface area (Å²) in [6.45, 7) is 3.81. The molecule has 3 aromatic rings. The molecule has 0 radical (unpaired) electrons. The topological polar surface area (TPSA) is 81.3 Å². The number of aromatic nitrogens is 4. The minimum Gasteiger partial charge on any atom is -0.323 e. The van der Waals surface area contributed by atoms with E-state index in [9.17, 15) is 9.59 Å². The average Bonchev–Trinajstić information content (AvgIpc) is 2.92. The summed E-state index contributed by atoms with van der Waals surface area (Å²) in [6.07, 6.45) is 4.97. The molecule has 24 heavy (non-hydrogen) atoms. The van der Waals surface area contributed by atoms with Gasteiger partial charge in [0, 0.05) is 22.8 Å². The molecule has 0 fully saturated rings. The van der Waals surface area contributed by atoms with E-state index >= 15 is 0 Å². The monoisotopic (exact) mass is 389 g/mol. The van der Waals surface area contributed by atoms with Crippen molar-refractivity contribution in [3.8, 4) is 0 Å². The summed E-state index contributed by atoms with van der Waals surface area (Å²) in [5.74, 6) is 0.479. The van der Waals surface area contributed by atoms with Gasteiger partial charge in [-0.25, -0.2) is 4.68 Å². The normalized spacial score (nSPS) is 11.2. The van der Waals surface area contributed by atoms with Gasteiger partial charge in [0.05, 0.1) is 11.9 Å². The zero-order valence-electron chi connectivity index (χ0n) is 13.2. The summed E-state index contributed by atoms with van der Waals surface area (Å²) in [4.78, 5) is 28.7. The van der Waals surface area contributed by atoms with Gasteiger partial charge in [-0.05, 0) is 34.1 Å². The number of hydrogen-bond acceptors (Lipinski definition) is 4. The van der Waals surface area contributed by atoms with Gasteiger partial charge in [-0.1, -0.05) is 13.8 Å².